The van der Waals surface area contributed by atoms with E-state index in [1.807, 2.05) is 0 Å². The van der Waals surface area contributed by atoms with Gasteiger partial charge in [0.25, 0.3) is 0 Å². The molecule has 1 heteroatoms. The van der Waals surface area contributed by atoms with Crippen molar-refractivity contribution in [3.05, 3.63) is 198 Å². The molecule has 0 unspecified atom stereocenters. The molecule has 0 amide bonds. The van der Waals surface area contributed by atoms with Crippen molar-refractivity contribution in [1.82, 2.24) is 0 Å². The number of fused-ring (bicyclic) bond motifs is 13. The van der Waals surface area contributed by atoms with Gasteiger partial charge in [-0.2, -0.15) is 0 Å². The van der Waals surface area contributed by atoms with E-state index in [1.165, 1.54) is 66.1 Å². The second-order valence-corrected chi connectivity index (χ2v) is 12.5. The number of anilines is 3. The lowest BCUT2D eigenvalue weighted by atomic mass is 9.69. The molecule has 0 bridgehead atoms. The summed E-state index contributed by atoms with van der Waals surface area (Å²) in [6.07, 6.45) is 0. The lowest BCUT2D eigenvalue weighted by Gasteiger charge is -2.31. The molecule has 10 rings (SSSR count). The lowest BCUT2D eigenvalue weighted by molar-refractivity contribution is 0.802. The average Bonchev–Trinajstić information content (AvgIpc) is 3.58. The minimum absolute atomic E-state index is 0.401. The zero-order valence-electron chi connectivity index (χ0n) is 25.2. The fourth-order valence-corrected chi connectivity index (χ4v) is 8.39. The summed E-state index contributed by atoms with van der Waals surface area (Å²) < 4.78 is 0. The molecular weight excluding hydrogens is 555 g/mol. The van der Waals surface area contributed by atoms with E-state index < -0.39 is 5.41 Å². The molecule has 1 spiro atoms. The monoisotopic (exact) mass is 583 g/mol. The summed E-state index contributed by atoms with van der Waals surface area (Å²) in [5, 5.41) is 5.10. The van der Waals surface area contributed by atoms with Crippen LogP contribution in [0.25, 0.3) is 43.8 Å². The van der Waals surface area contributed by atoms with Crippen molar-refractivity contribution in [2.45, 2.75) is 5.41 Å². The maximum Gasteiger partial charge on any atom is 0.0731 e. The zero-order valence-corrected chi connectivity index (χ0v) is 25.2. The molecule has 0 aromatic heterocycles. The molecule has 0 atom stereocenters. The molecule has 0 N–H and O–H groups in total. The summed E-state index contributed by atoms with van der Waals surface area (Å²) in [5.41, 5.74) is 13.9. The maximum atomic E-state index is 2.50. The maximum absolute atomic E-state index is 2.50. The normalized spacial score (nSPS) is 13.4. The van der Waals surface area contributed by atoms with Crippen LogP contribution < -0.4 is 4.90 Å². The first-order valence-electron chi connectivity index (χ1n) is 16.0. The Balaban J connectivity index is 1.30. The molecule has 0 aliphatic heterocycles. The van der Waals surface area contributed by atoms with Crippen LogP contribution in [0.3, 0.4) is 0 Å². The predicted molar refractivity (Wildman–Crippen MR) is 192 cm³/mol. The van der Waals surface area contributed by atoms with E-state index in [9.17, 15) is 0 Å². The second kappa shape index (κ2) is 9.54. The molecule has 0 saturated carbocycles. The molecule has 8 aromatic rings. The van der Waals surface area contributed by atoms with E-state index in [-0.39, 0.29) is 0 Å². The van der Waals surface area contributed by atoms with Gasteiger partial charge in [-0.15, -0.1) is 0 Å². The largest absolute Gasteiger partial charge is 0.310 e. The van der Waals surface area contributed by atoms with Crippen LogP contribution in [-0.4, -0.2) is 0 Å². The number of hydrogen-bond acceptors (Lipinski definition) is 1. The highest BCUT2D eigenvalue weighted by molar-refractivity contribution is 6.06. The number of nitrogens with zero attached hydrogens (tertiary/aromatic N) is 1. The van der Waals surface area contributed by atoms with Gasteiger partial charge >= 0.3 is 0 Å². The number of para-hydroxylation sites is 2. The van der Waals surface area contributed by atoms with Gasteiger partial charge in [0.2, 0.25) is 0 Å². The molecule has 0 radical (unpaired) electrons. The SMILES string of the molecule is c1ccc(N(c2ccccc2)c2ccc3cc4c(cc3c2)C2(c3ccccc3-c3ccccc32)c2c-4ccc3ccccc23)cc1. The molecular formula is C45H29N. The van der Waals surface area contributed by atoms with Gasteiger partial charge < -0.3 is 4.90 Å². The van der Waals surface area contributed by atoms with E-state index in [0.717, 1.165) is 17.1 Å². The summed E-state index contributed by atoms with van der Waals surface area (Å²) >= 11 is 0. The van der Waals surface area contributed by atoms with Gasteiger partial charge in [-0.05, 0) is 115 Å². The fraction of sp³-hybridized carbons (Fsp3) is 0.0222. The van der Waals surface area contributed by atoms with Crippen LogP contribution in [0.15, 0.2) is 176 Å². The van der Waals surface area contributed by atoms with E-state index in [0.29, 0.717) is 0 Å². The molecule has 2 aliphatic rings. The van der Waals surface area contributed by atoms with Crippen LogP contribution in [-0.2, 0) is 5.41 Å². The summed E-state index contributed by atoms with van der Waals surface area (Å²) in [7, 11) is 0. The van der Waals surface area contributed by atoms with Gasteiger partial charge in [-0.3, -0.25) is 0 Å². The van der Waals surface area contributed by atoms with E-state index in [4.69, 9.17) is 0 Å². The van der Waals surface area contributed by atoms with E-state index in [1.54, 1.807) is 0 Å². The van der Waals surface area contributed by atoms with Crippen LogP contribution in [0.1, 0.15) is 22.3 Å². The molecule has 46 heavy (non-hydrogen) atoms. The van der Waals surface area contributed by atoms with Gasteiger partial charge in [0.15, 0.2) is 0 Å². The minimum Gasteiger partial charge on any atom is -0.310 e. The van der Waals surface area contributed by atoms with Crippen molar-refractivity contribution in [1.29, 1.82) is 0 Å². The van der Waals surface area contributed by atoms with Crippen LogP contribution in [0, 0.1) is 0 Å². The molecule has 2 aliphatic carbocycles. The zero-order chi connectivity index (χ0) is 30.2. The minimum atomic E-state index is -0.401. The van der Waals surface area contributed by atoms with Gasteiger partial charge in [0.05, 0.1) is 5.41 Å². The fourth-order valence-electron chi connectivity index (χ4n) is 8.39. The van der Waals surface area contributed by atoms with Gasteiger partial charge in [0.1, 0.15) is 0 Å². The van der Waals surface area contributed by atoms with E-state index >= 15 is 0 Å². The van der Waals surface area contributed by atoms with E-state index in [2.05, 4.69) is 181 Å². The lowest BCUT2D eigenvalue weighted by Crippen LogP contribution is -2.26. The van der Waals surface area contributed by atoms with Crippen molar-refractivity contribution < 1.29 is 0 Å². The first-order chi connectivity index (χ1) is 22.8. The summed E-state index contributed by atoms with van der Waals surface area (Å²) in [5.74, 6) is 0. The third-order valence-corrected chi connectivity index (χ3v) is 10.2. The first-order valence-corrected chi connectivity index (χ1v) is 16.0. The predicted octanol–water partition coefficient (Wildman–Crippen LogP) is 11.8. The Morgan fingerprint density at radius 2 is 0.913 bits per heavy atom. The van der Waals surface area contributed by atoms with Crippen molar-refractivity contribution in [3.63, 3.8) is 0 Å². The van der Waals surface area contributed by atoms with Gasteiger partial charge in [0, 0.05) is 17.1 Å². The topological polar surface area (TPSA) is 3.24 Å². The van der Waals surface area contributed by atoms with Crippen LogP contribution >= 0.6 is 0 Å². The highest BCUT2D eigenvalue weighted by Gasteiger charge is 2.52. The summed E-state index contributed by atoms with van der Waals surface area (Å²) in [4.78, 5) is 2.35. The molecule has 8 aromatic carbocycles. The molecule has 0 saturated heterocycles. The Hall–Kier alpha value is -5.92. The Morgan fingerprint density at radius 3 is 1.61 bits per heavy atom. The van der Waals surface area contributed by atoms with Crippen molar-refractivity contribution in [2.24, 2.45) is 0 Å². The Bertz CT molecular complexity index is 2390. The number of rotatable bonds is 3. The summed E-state index contributed by atoms with van der Waals surface area (Å²) in [6, 6.07) is 64.9. The highest BCUT2D eigenvalue weighted by Crippen LogP contribution is 2.64. The molecule has 0 fully saturated rings. The highest BCUT2D eigenvalue weighted by atomic mass is 15.1. The average molecular weight is 584 g/mol. The third-order valence-electron chi connectivity index (χ3n) is 10.2. The Labute approximate surface area is 268 Å². The standard InChI is InChI=1S/C45H29N/c1-3-14-33(15-4-1)46(34-16-5-2-6-17-34)35-25-23-31-28-40-39-26-24-30-13-7-8-18-36(30)44(39)45(43(40)29-32(31)27-35)41-21-11-9-19-37(41)38-20-10-12-22-42(38)45/h1-29H. The quantitative estimate of drug-likeness (QED) is 0.200. The van der Waals surface area contributed by atoms with Gasteiger partial charge in [-0.1, -0.05) is 127 Å². The molecule has 1 nitrogen and oxygen atoms in total. The summed E-state index contributed by atoms with van der Waals surface area (Å²) in [6.45, 7) is 0. The Kier molecular flexibility index (Phi) is 5.27. The molecule has 214 valence electrons. The Morgan fingerprint density at radius 1 is 0.326 bits per heavy atom. The van der Waals surface area contributed by atoms with Crippen LogP contribution in [0.2, 0.25) is 0 Å². The third kappa shape index (κ3) is 3.35. The van der Waals surface area contributed by atoms with Gasteiger partial charge in [-0.25, -0.2) is 0 Å². The smallest absolute Gasteiger partial charge is 0.0731 e. The molecule has 0 heterocycles. The van der Waals surface area contributed by atoms with Crippen LogP contribution in [0.5, 0.6) is 0 Å². The number of hydrogen-bond donors (Lipinski definition) is 0. The first kappa shape index (κ1) is 25.4. The van der Waals surface area contributed by atoms with Crippen LogP contribution in [0.4, 0.5) is 17.1 Å². The van der Waals surface area contributed by atoms with Crippen molar-refractivity contribution in [2.75, 3.05) is 4.90 Å². The van der Waals surface area contributed by atoms with Crippen molar-refractivity contribution >= 4 is 38.6 Å². The second-order valence-electron chi connectivity index (χ2n) is 12.5. The number of benzene rings is 8. The van der Waals surface area contributed by atoms with Crippen molar-refractivity contribution in [3.8, 4) is 22.3 Å².